The Balaban J connectivity index is 0.000000473. The van der Waals surface area contributed by atoms with Gasteiger partial charge in [0, 0.05) is 23.8 Å². The first-order chi connectivity index (χ1) is 19.3. The number of ether oxygens (including phenoxy) is 1. The molecule has 2 atom stereocenters. The molecule has 198 valence electrons. The summed E-state index contributed by atoms with van der Waals surface area (Å²) in [5.74, 6) is -3.85. The fourth-order valence-corrected chi connectivity index (χ4v) is 3.38. The molecule has 0 spiro atoms. The highest BCUT2D eigenvalue weighted by molar-refractivity contribution is 6.07. The van der Waals surface area contributed by atoms with Crippen molar-refractivity contribution in [2.45, 2.75) is 12.3 Å². The van der Waals surface area contributed by atoms with Crippen LogP contribution in [0, 0.1) is 17.6 Å². The molecule has 0 saturated carbocycles. The van der Waals surface area contributed by atoms with Crippen LogP contribution in [-0.2, 0) is 14.3 Å². The first kappa shape index (κ1) is 32.3. The molecular weight excluding hydrogens is 508 g/mol. The van der Waals surface area contributed by atoms with Crippen molar-refractivity contribution in [3.05, 3.63) is 161 Å². The lowest BCUT2D eigenvalue weighted by molar-refractivity contribution is -0.149. The summed E-state index contributed by atoms with van der Waals surface area (Å²) in [7, 11) is 1.24. The standard InChI is InChI=1S/C20H17F2NO3.2C7H4/c1-26-20(25)19-15(12-5-3-2-4-6-12)10-14(11-18(19)24)23-17-8-7-13(21)9-16(17)22;2*1-3-5-7-6-4-2/h2-9,11,15,19,23H,10H2,1H3;2*1-2H2. The zero-order valence-electron chi connectivity index (χ0n) is 21.9. The molecule has 0 radical (unpaired) electrons. The Bertz CT molecular complexity index is 1530. The van der Waals surface area contributed by atoms with Crippen molar-refractivity contribution in [1.82, 2.24) is 0 Å². The lowest BCUT2D eigenvalue weighted by atomic mass is 9.76. The van der Waals surface area contributed by atoms with Crippen LogP contribution < -0.4 is 5.32 Å². The molecule has 0 saturated heterocycles. The van der Waals surface area contributed by atoms with E-state index in [0.717, 1.165) is 17.7 Å². The van der Waals surface area contributed by atoms with Gasteiger partial charge in [-0.3, -0.25) is 9.59 Å². The quantitative estimate of drug-likeness (QED) is 0.262. The van der Waals surface area contributed by atoms with Gasteiger partial charge in [-0.1, -0.05) is 53.3 Å². The number of methoxy groups -OCH3 is 1. The van der Waals surface area contributed by atoms with Crippen LogP contribution in [-0.4, -0.2) is 18.9 Å². The second-order valence-electron chi connectivity index (χ2n) is 7.50. The summed E-state index contributed by atoms with van der Waals surface area (Å²) in [6.07, 6.45) is 1.59. The van der Waals surface area contributed by atoms with Gasteiger partial charge in [0.15, 0.2) is 5.78 Å². The number of esters is 1. The minimum atomic E-state index is -0.953. The minimum Gasteiger partial charge on any atom is -0.468 e. The summed E-state index contributed by atoms with van der Waals surface area (Å²) in [5, 5.41) is 2.83. The van der Waals surface area contributed by atoms with E-state index >= 15 is 0 Å². The van der Waals surface area contributed by atoms with Gasteiger partial charge in [0.05, 0.1) is 12.8 Å². The largest absolute Gasteiger partial charge is 0.468 e. The molecule has 1 aliphatic carbocycles. The number of hydrogen-bond donors (Lipinski definition) is 1. The molecule has 2 unspecified atom stereocenters. The van der Waals surface area contributed by atoms with Gasteiger partial charge < -0.3 is 10.1 Å². The molecule has 2 aromatic rings. The first-order valence-electron chi connectivity index (χ1n) is 11.5. The summed E-state index contributed by atoms with van der Waals surface area (Å²) in [6, 6.07) is 12.3. The monoisotopic (exact) mass is 533 g/mol. The molecule has 1 N–H and O–H groups in total. The van der Waals surface area contributed by atoms with Crippen LogP contribution in [0.15, 0.2) is 144 Å². The van der Waals surface area contributed by atoms with E-state index in [2.05, 4.69) is 88.9 Å². The van der Waals surface area contributed by atoms with Crippen LogP contribution in [0.5, 0.6) is 0 Å². The third-order valence-corrected chi connectivity index (χ3v) is 4.98. The zero-order chi connectivity index (χ0) is 29.8. The highest BCUT2D eigenvalue weighted by atomic mass is 19.1. The van der Waals surface area contributed by atoms with Gasteiger partial charge in [0.1, 0.15) is 17.6 Å². The van der Waals surface area contributed by atoms with Gasteiger partial charge in [-0.25, -0.2) is 8.78 Å². The summed E-state index contributed by atoms with van der Waals surface area (Å²) in [6.45, 7) is 13.0. The Labute approximate surface area is 232 Å². The van der Waals surface area contributed by atoms with E-state index < -0.39 is 35.2 Å². The van der Waals surface area contributed by atoms with E-state index in [-0.39, 0.29) is 5.69 Å². The Morgan fingerprint density at radius 1 is 0.875 bits per heavy atom. The van der Waals surface area contributed by atoms with Crippen molar-refractivity contribution < 1.29 is 23.1 Å². The number of hydrogen-bond acceptors (Lipinski definition) is 4. The number of halogens is 2. The number of anilines is 1. The highest BCUT2D eigenvalue weighted by Gasteiger charge is 2.39. The lowest BCUT2D eigenvalue weighted by Crippen LogP contribution is -2.34. The average molecular weight is 534 g/mol. The SMILES string of the molecule is C=C=C=C=C=C=C.C=C=C=C=C=C=C.COC(=O)C1C(=O)C=C(Nc2ccc(F)cc2F)CC1c1ccccc1. The Morgan fingerprint density at radius 3 is 1.90 bits per heavy atom. The van der Waals surface area contributed by atoms with Crippen molar-refractivity contribution in [3.8, 4) is 0 Å². The lowest BCUT2D eigenvalue weighted by Gasteiger charge is -2.29. The van der Waals surface area contributed by atoms with Crippen molar-refractivity contribution >= 4 is 17.4 Å². The number of rotatable bonds is 4. The molecule has 0 bridgehead atoms. The van der Waals surface area contributed by atoms with Crippen LogP contribution in [0.2, 0.25) is 0 Å². The molecule has 1 aliphatic rings. The maximum Gasteiger partial charge on any atom is 0.317 e. The summed E-state index contributed by atoms with van der Waals surface area (Å²) >= 11 is 0. The van der Waals surface area contributed by atoms with Crippen LogP contribution in [0.1, 0.15) is 17.9 Å². The highest BCUT2D eigenvalue weighted by Crippen LogP contribution is 2.37. The molecule has 3 rings (SSSR count). The summed E-state index contributed by atoms with van der Waals surface area (Å²) < 4.78 is 31.7. The molecule has 40 heavy (non-hydrogen) atoms. The normalized spacial score (nSPS) is 14.0. The summed E-state index contributed by atoms with van der Waals surface area (Å²) in [5.41, 5.74) is 25.3. The number of allylic oxidation sites excluding steroid dienone is 2. The Morgan fingerprint density at radius 2 is 1.43 bits per heavy atom. The number of ketones is 1. The van der Waals surface area contributed by atoms with E-state index in [9.17, 15) is 18.4 Å². The van der Waals surface area contributed by atoms with Gasteiger partial charge in [0.25, 0.3) is 0 Å². The number of nitrogens with one attached hydrogen (secondary N) is 1. The van der Waals surface area contributed by atoms with Crippen molar-refractivity contribution in [3.63, 3.8) is 0 Å². The molecule has 2 aromatic carbocycles. The molecule has 6 heteroatoms. The summed E-state index contributed by atoms with van der Waals surface area (Å²) in [4.78, 5) is 24.7. The van der Waals surface area contributed by atoms with Crippen LogP contribution in [0.4, 0.5) is 14.5 Å². The number of benzene rings is 2. The molecule has 0 aromatic heterocycles. The fourth-order valence-electron chi connectivity index (χ4n) is 3.38. The maximum absolute atomic E-state index is 13.9. The van der Waals surface area contributed by atoms with E-state index in [1.165, 1.54) is 19.3 Å². The Kier molecular flexibility index (Phi) is 14.9. The van der Waals surface area contributed by atoms with E-state index in [0.29, 0.717) is 12.1 Å². The first-order valence-corrected chi connectivity index (χ1v) is 11.5. The second-order valence-corrected chi connectivity index (χ2v) is 7.50. The van der Waals surface area contributed by atoms with E-state index in [1.807, 2.05) is 30.3 Å². The van der Waals surface area contributed by atoms with Gasteiger partial charge >= 0.3 is 5.97 Å². The third-order valence-electron chi connectivity index (χ3n) is 4.98. The van der Waals surface area contributed by atoms with Crippen molar-refractivity contribution in [2.24, 2.45) is 5.92 Å². The topological polar surface area (TPSA) is 55.4 Å². The maximum atomic E-state index is 13.9. The van der Waals surface area contributed by atoms with Gasteiger partial charge in [-0.05, 0) is 84.8 Å². The van der Waals surface area contributed by atoms with Gasteiger partial charge in [-0.15, -0.1) is 0 Å². The Hall–Kier alpha value is -5.74. The minimum absolute atomic E-state index is 0.0637. The third kappa shape index (κ3) is 11.1. The predicted molar refractivity (Wildman–Crippen MR) is 150 cm³/mol. The molecule has 0 amide bonds. The smallest absolute Gasteiger partial charge is 0.317 e. The molecule has 4 nitrogen and oxygen atoms in total. The second kappa shape index (κ2) is 18.5. The predicted octanol–water partition coefficient (Wildman–Crippen LogP) is 6.96. The molecule has 0 aliphatic heterocycles. The average Bonchev–Trinajstić information content (AvgIpc) is 2.96. The van der Waals surface area contributed by atoms with E-state index in [4.69, 9.17) is 4.74 Å². The molecular formula is C34H25F2NO3. The van der Waals surface area contributed by atoms with Gasteiger partial charge in [-0.2, -0.15) is 0 Å². The van der Waals surface area contributed by atoms with Crippen molar-refractivity contribution in [1.29, 1.82) is 0 Å². The molecule has 0 heterocycles. The van der Waals surface area contributed by atoms with Crippen molar-refractivity contribution in [2.75, 3.05) is 12.4 Å². The number of carbonyl (C=O) groups is 2. The fraction of sp³-hybridized carbons (Fsp3) is 0.118. The van der Waals surface area contributed by atoms with Crippen LogP contribution >= 0.6 is 0 Å². The van der Waals surface area contributed by atoms with Crippen LogP contribution in [0.3, 0.4) is 0 Å². The molecule has 0 fully saturated rings. The van der Waals surface area contributed by atoms with Crippen LogP contribution in [0.25, 0.3) is 0 Å². The number of carbonyl (C=O) groups excluding carboxylic acids is 2. The van der Waals surface area contributed by atoms with E-state index in [1.54, 1.807) is 0 Å². The van der Waals surface area contributed by atoms with Gasteiger partial charge in [0.2, 0.25) is 0 Å². The zero-order valence-corrected chi connectivity index (χ0v) is 21.9.